The molecule has 5 nitrogen and oxygen atoms in total. The van der Waals surface area contributed by atoms with E-state index in [-0.39, 0.29) is 16.6 Å². The first-order chi connectivity index (χ1) is 9.97. The molecule has 1 aliphatic rings. The molecule has 1 amide bonds. The van der Waals surface area contributed by atoms with Crippen molar-refractivity contribution in [1.82, 2.24) is 20.2 Å². The number of aromatic nitrogens is 2. The normalized spacial score (nSPS) is 21.0. The Morgan fingerprint density at radius 1 is 1.62 bits per heavy atom. The molecule has 1 fully saturated rings. The summed E-state index contributed by atoms with van der Waals surface area (Å²) in [6.07, 6.45) is 4.00. The van der Waals surface area contributed by atoms with Gasteiger partial charge < -0.3 is 5.32 Å². The maximum Gasteiger partial charge on any atom is 0.271 e. The number of carbonyl (C=O) groups is 1. The van der Waals surface area contributed by atoms with Crippen LogP contribution in [0.3, 0.4) is 0 Å². The van der Waals surface area contributed by atoms with Gasteiger partial charge in [0.2, 0.25) is 0 Å². The fourth-order valence-corrected chi connectivity index (χ4v) is 2.87. The van der Waals surface area contributed by atoms with Crippen molar-refractivity contribution in [2.75, 3.05) is 19.6 Å². The third kappa shape index (κ3) is 4.38. The molecule has 0 aliphatic carbocycles. The lowest BCUT2D eigenvalue weighted by Crippen LogP contribution is -2.46. The summed E-state index contributed by atoms with van der Waals surface area (Å²) in [6, 6.07) is 0.318. The molecule has 0 aromatic carbocycles. The molecule has 6 heteroatoms. The Morgan fingerprint density at radius 2 is 2.38 bits per heavy atom. The van der Waals surface area contributed by atoms with E-state index in [9.17, 15) is 4.79 Å². The summed E-state index contributed by atoms with van der Waals surface area (Å²) in [6.45, 7) is 8.97. The lowest BCUT2D eigenvalue weighted by Gasteiger charge is -2.35. The molecule has 2 atom stereocenters. The zero-order chi connectivity index (χ0) is 15.4. The van der Waals surface area contributed by atoms with Crippen molar-refractivity contribution >= 4 is 17.5 Å². The number of halogens is 1. The quantitative estimate of drug-likeness (QED) is 0.927. The van der Waals surface area contributed by atoms with Crippen molar-refractivity contribution in [3.63, 3.8) is 0 Å². The number of piperidine rings is 1. The van der Waals surface area contributed by atoms with Crippen LogP contribution in [0.5, 0.6) is 0 Å². The van der Waals surface area contributed by atoms with Crippen LogP contribution in [0.15, 0.2) is 6.20 Å². The van der Waals surface area contributed by atoms with E-state index in [1.807, 2.05) is 0 Å². The first-order valence-electron chi connectivity index (χ1n) is 7.48. The molecule has 2 heterocycles. The average molecular weight is 311 g/mol. The summed E-state index contributed by atoms with van der Waals surface area (Å²) < 4.78 is 0. The number of nitrogens with zero attached hydrogens (tertiary/aromatic N) is 3. The van der Waals surface area contributed by atoms with Crippen LogP contribution >= 0.6 is 11.6 Å². The molecule has 1 aliphatic heterocycles. The largest absolute Gasteiger partial charge is 0.349 e. The Balaban J connectivity index is 1.90. The van der Waals surface area contributed by atoms with Crippen molar-refractivity contribution < 1.29 is 4.79 Å². The molecule has 1 aromatic heterocycles. The Morgan fingerprint density at radius 3 is 3.10 bits per heavy atom. The second-order valence-electron chi connectivity index (χ2n) is 5.92. The summed E-state index contributed by atoms with van der Waals surface area (Å²) in [5.41, 5.74) is 0.253. The topological polar surface area (TPSA) is 58.1 Å². The highest BCUT2D eigenvalue weighted by molar-refractivity contribution is 6.33. The van der Waals surface area contributed by atoms with Crippen LogP contribution in [0.4, 0.5) is 0 Å². The number of hydrogen-bond acceptors (Lipinski definition) is 4. The number of likely N-dealkylation sites (tertiary alicyclic amines) is 1. The van der Waals surface area contributed by atoms with Gasteiger partial charge in [-0.1, -0.05) is 18.5 Å². The Labute approximate surface area is 131 Å². The van der Waals surface area contributed by atoms with E-state index in [0.717, 1.165) is 19.0 Å². The van der Waals surface area contributed by atoms with Crippen LogP contribution in [0, 0.1) is 12.8 Å². The average Bonchev–Trinajstić information content (AvgIpc) is 2.47. The fraction of sp³-hybridized carbons (Fsp3) is 0.667. The summed E-state index contributed by atoms with van der Waals surface area (Å²) in [5.74, 6) is 1.04. The SMILES string of the molecule is Cc1ncc(Cl)c(C(=O)NCC(C)N2CCCC(C)C2)n1. The van der Waals surface area contributed by atoms with Gasteiger partial charge in [-0.3, -0.25) is 9.69 Å². The number of rotatable bonds is 4. The third-order valence-electron chi connectivity index (χ3n) is 3.95. The van der Waals surface area contributed by atoms with E-state index in [2.05, 4.69) is 34.0 Å². The molecule has 2 unspecified atom stereocenters. The van der Waals surface area contributed by atoms with Gasteiger partial charge in [0.15, 0.2) is 0 Å². The van der Waals surface area contributed by atoms with Crippen molar-refractivity contribution in [3.8, 4) is 0 Å². The van der Waals surface area contributed by atoms with Gasteiger partial charge in [-0.2, -0.15) is 0 Å². The molecule has 116 valence electrons. The molecule has 1 aromatic rings. The van der Waals surface area contributed by atoms with Crippen LogP contribution in [0.25, 0.3) is 0 Å². The lowest BCUT2D eigenvalue weighted by molar-refractivity contribution is 0.0912. The summed E-state index contributed by atoms with van der Waals surface area (Å²) in [7, 11) is 0. The lowest BCUT2D eigenvalue weighted by atomic mass is 9.99. The van der Waals surface area contributed by atoms with Gasteiger partial charge >= 0.3 is 0 Å². The van der Waals surface area contributed by atoms with Crippen LogP contribution in [0.1, 0.15) is 43.0 Å². The maximum absolute atomic E-state index is 12.2. The zero-order valence-electron chi connectivity index (χ0n) is 12.9. The first-order valence-corrected chi connectivity index (χ1v) is 7.86. The molecule has 1 saturated heterocycles. The minimum atomic E-state index is -0.234. The number of aryl methyl sites for hydroxylation is 1. The minimum absolute atomic E-state index is 0.234. The molecular formula is C15H23ClN4O. The first kappa shape index (κ1) is 16.2. The van der Waals surface area contributed by atoms with Gasteiger partial charge in [0, 0.05) is 19.1 Å². The summed E-state index contributed by atoms with van der Waals surface area (Å²) in [4.78, 5) is 22.7. The van der Waals surface area contributed by atoms with Gasteiger partial charge in [0.25, 0.3) is 5.91 Å². The standard InChI is InChI=1S/C15H23ClN4O/c1-10-5-4-6-20(9-10)11(2)7-18-15(21)14-13(16)8-17-12(3)19-14/h8,10-11H,4-7,9H2,1-3H3,(H,18,21). The Hall–Kier alpha value is -1.20. The second-order valence-corrected chi connectivity index (χ2v) is 6.32. The molecule has 0 saturated carbocycles. The summed E-state index contributed by atoms with van der Waals surface area (Å²) >= 11 is 5.98. The van der Waals surface area contributed by atoms with Crippen LogP contribution < -0.4 is 5.32 Å². The van der Waals surface area contributed by atoms with Crippen molar-refractivity contribution in [1.29, 1.82) is 0 Å². The highest BCUT2D eigenvalue weighted by atomic mass is 35.5. The van der Waals surface area contributed by atoms with Crippen molar-refractivity contribution in [2.45, 2.75) is 39.7 Å². The highest BCUT2D eigenvalue weighted by Gasteiger charge is 2.22. The predicted molar refractivity (Wildman–Crippen MR) is 83.5 cm³/mol. The van der Waals surface area contributed by atoms with Gasteiger partial charge in [-0.05, 0) is 39.2 Å². The van der Waals surface area contributed by atoms with E-state index in [1.54, 1.807) is 6.92 Å². The zero-order valence-corrected chi connectivity index (χ0v) is 13.7. The van der Waals surface area contributed by atoms with Gasteiger partial charge in [-0.25, -0.2) is 9.97 Å². The van der Waals surface area contributed by atoms with Crippen LogP contribution in [-0.4, -0.2) is 46.5 Å². The number of amides is 1. The van der Waals surface area contributed by atoms with E-state index in [1.165, 1.54) is 19.0 Å². The maximum atomic E-state index is 12.2. The van der Waals surface area contributed by atoms with E-state index >= 15 is 0 Å². The number of carbonyl (C=O) groups excluding carboxylic acids is 1. The predicted octanol–water partition coefficient (Wildman–Crippen LogP) is 2.29. The molecule has 21 heavy (non-hydrogen) atoms. The number of hydrogen-bond donors (Lipinski definition) is 1. The van der Waals surface area contributed by atoms with Gasteiger partial charge in [0.1, 0.15) is 11.5 Å². The second kappa shape index (κ2) is 7.18. The van der Waals surface area contributed by atoms with Gasteiger partial charge in [-0.15, -0.1) is 0 Å². The van der Waals surface area contributed by atoms with E-state index in [4.69, 9.17) is 11.6 Å². The molecule has 0 bridgehead atoms. The highest BCUT2D eigenvalue weighted by Crippen LogP contribution is 2.17. The number of nitrogens with one attached hydrogen (secondary N) is 1. The van der Waals surface area contributed by atoms with Crippen LogP contribution in [0.2, 0.25) is 5.02 Å². The van der Waals surface area contributed by atoms with Crippen molar-refractivity contribution in [2.24, 2.45) is 5.92 Å². The monoisotopic (exact) mass is 310 g/mol. The molecule has 0 spiro atoms. The Kier molecular flexibility index (Phi) is 5.53. The molecule has 0 radical (unpaired) electrons. The molecule has 2 rings (SSSR count). The van der Waals surface area contributed by atoms with Crippen LogP contribution in [-0.2, 0) is 0 Å². The molecule has 1 N–H and O–H groups in total. The van der Waals surface area contributed by atoms with Gasteiger partial charge in [0.05, 0.1) is 11.2 Å². The van der Waals surface area contributed by atoms with E-state index in [0.29, 0.717) is 18.4 Å². The third-order valence-corrected chi connectivity index (χ3v) is 4.23. The fourth-order valence-electron chi connectivity index (χ4n) is 2.69. The summed E-state index contributed by atoms with van der Waals surface area (Å²) in [5, 5.41) is 3.21. The van der Waals surface area contributed by atoms with Crippen molar-refractivity contribution in [3.05, 3.63) is 22.7 Å². The molecular weight excluding hydrogens is 288 g/mol. The Bertz CT molecular complexity index is 508. The van der Waals surface area contributed by atoms with E-state index < -0.39 is 0 Å². The smallest absolute Gasteiger partial charge is 0.271 e. The minimum Gasteiger partial charge on any atom is -0.349 e.